The van der Waals surface area contributed by atoms with Crippen molar-refractivity contribution < 1.29 is 14.3 Å². The van der Waals surface area contributed by atoms with Crippen LogP contribution in [0.25, 0.3) is 10.9 Å². The summed E-state index contributed by atoms with van der Waals surface area (Å²) in [4.78, 5) is 11.6. The zero-order valence-electron chi connectivity index (χ0n) is 12.7. The van der Waals surface area contributed by atoms with Crippen molar-refractivity contribution in [3.63, 3.8) is 0 Å². The van der Waals surface area contributed by atoms with Crippen molar-refractivity contribution in [2.75, 3.05) is 14.2 Å². The largest absolute Gasteiger partial charge is 0.496 e. The molecule has 118 valence electrons. The standard InChI is InChI=1S/C17H15BrN2O3/c1-22-16-6-4-14(18)8-13(16)10-20-9-12-7-11(17(21)23-2)3-5-15(12)19-20/h3-9H,10H2,1-2H3. The van der Waals surface area contributed by atoms with Crippen LogP contribution in [-0.4, -0.2) is 30.0 Å². The first kappa shape index (κ1) is 15.6. The third-order valence-corrected chi connectivity index (χ3v) is 4.04. The van der Waals surface area contributed by atoms with Gasteiger partial charge in [-0.3, -0.25) is 4.68 Å². The molecule has 3 aromatic rings. The van der Waals surface area contributed by atoms with E-state index in [0.29, 0.717) is 12.1 Å². The Morgan fingerprint density at radius 3 is 2.78 bits per heavy atom. The average Bonchev–Trinajstić information content (AvgIpc) is 2.95. The number of nitrogens with zero attached hydrogens (tertiary/aromatic N) is 2. The molecule has 0 atom stereocenters. The first-order chi connectivity index (χ1) is 11.1. The topological polar surface area (TPSA) is 53.3 Å². The predicted octanol–water partition coefficient (Wildman–Crippen LogP) is 3.64. The zero-order chi connectivity index (χ0) is 16.4. The first-order valence-corrected chi connectivity index (χ1v) is 7.78. The van der Waals surface area contributed by atoms with Crippen molar-refractivity contribution >= 4 is 32.8 Å². The SMILES string of the molecule is COC(=O)c1ccc2nn(Cc3cc(Br)ccc3OC)cc2c1. The summed E-state index contributed by atoms with van der Waals surface area (Å²) in [6, 6.07) is 11.2. The number of aromatic nitrogens is 2. The first-order valence-electron chi connectivity index (χ1n) is 6.98. The Kier molecular flexibility index (Phi) is 4.34. The summed E-state index contributed by atoms with van der Waals surface area (Å²) in [5.74, 6) is 0.455. The van der Waals surface area contributed by atoms with Gasteiger partial charge in [0.1, 0.15) is 5.75 Å². The number of benzene rings is 2. The zero-order valence-corrected chi connectivity index (χ0v) is 14.3. The second-order valence-electron chi connectivity index (χ2n) is 5.05. The van der Waals surface area contributed by atoms with Gasteiger partial charge >= 0.3 is 5.97 Å². The molecule has 2 aromatic carbocycles. The van der Waals surface area contributed by atoms with E-state index in [9.17, 15) is 4.79 Å². The second-order valence-corrected chi connectivity index (χ2v) is 5.96. The molecule has 0 aliphatic carbocycles. The van der Waals surface area contributed by atoms with Gasteiger partial charge in [0.15, 0.2) is 0 Å². The molecule has 0 bridgehead atoms. The summed E-state index contributed by atoms with van der Waals surface area (Å²) in [6.07, 6.45) is 1.90. The fourth-order valence-corrected chi connectivity index (χ4v) is 2.86. The smallest absolute Gasteiger partial charge is 0.337 e. The number of rotatable bonds is 4. The molecule has 1 heterocycles. The van der Waals surface area contributed by atoms with E-state index in [2.05, 4.69) is 21.0 Å². The highest BCUT2D eigenvalue weighted by molar-refractivity contribution is 9.10. The molecule has 1 aromatic heterocycles. The number of ether oxygens (including phenoxy) is 2. The van der Waals surface area contributed by atoms with E-state index < -0.39 is 0 Å². The Morgan fingerprint density at radius 2 is 2.04 bits per heavy atom. The highest BCUT2D eigenvalue weighted by atomic mass is 79.9. The van der Waals surface area contributed by atoms with Crippen LogP contribution < -0.4 is 4.74 Å². The molecule has 0 spiro atoms. The summed E-state index contributed by atoms with van der Waals surface area (Å²) in [5.41, 5.74) is 2.36. The Labute approximate surface area is 141 Å². The second kappa shape index (κ2) is 6.42. The van der Waals surface area contributed by atoms with Crippen molar-refractivity contribution in [3.8, 4) is 5.75 Å². The van der Waals surface area contributed by atoms with E-state index in [1.807, 2.05) is 35.1 Å². The lowest BCUT2D eigenvalue weighted by atomic mass is 10.1. The Morgan fingerprint density at radius 1 is 1.22 bits per heavy atom. The van der Waals surface area contributed by atoms with Crippen LogP contribution in [0.3, 0.4) is 0 Å². The van der Waals surface area contributed by atoms with Crippen LogP contribution in [-0.2, 0) is 11.3 Å². The van der Waals surface area contributed by atoms with Gasteiger partial charge in [-0.05, 0) is 36.4 Å². The summed E-state index contributed by atoms with van der Waals surface area (Å²) in [7, 11) is 3.02. The van der Waals surface area contributed by atoms with E-state index in [4.69, 9.17) is 9.47 Å². The van der Waals surface area contributed by atoms with Crippen LogP contribution >= 0.6 is 15.9 Å². The number of hydrogen-bond acceptors (Lipinski definition) is 4. The van der Waals surface area contributed by atoms with E-state index in [1.165, 1.54) is 7.11 Å². The Balaban J connectivity index is 1.95. The molecule has 3 rings (SSSR count). The van der Waals surface area contributed by atoms with Gasteiger partial charge in [0, 0.05) is 21.6 Å². The molecule has 0 fully saturated rings. The fourth-order valence-electron chi connectivity index (χ4n) is 2.45. The molecule has 0 saturated carbocycles. The Hall–Kier alpha value is -2.34. The highest BCUT2D eigenvalue weighted by Crippen LogP contribution is 2.24. The number of esters is 1. The van der Waals surface area contributed by atoms with E-state index >= 15 is 0 Å². The van der Waals surface area contributed by atoms with Gasteiger partial charge in [0.05, 0.1) is 31.8 Å². The minimum absolute atomic E-state index is 0.353. The van der Waals surface area contributed by atoms with Gasteiger partial charge in [0.2, 0.25) is 0 Å². The Bertz CT molecular complexity index is 873. The van der Waals surface area contributed by atoms with Crippen LogP contribution in [0.1, 0.15) is 15.9 Å². The van der Waals surface area contributed by atoms with Crippen LogP contribution in [0.5, 0.6) is 5.75 Å². The van der Waals surface area contributed by atoms with Crippen LogP contribution in [0.2, 0.25) is 0 Å². The van der Waals surface area contributed by atoms with Crippen LogP contribution in [0, 0.1) is 0 Å². The van der Waals surface area contributed by atoms with Crippen molar-refractivity contribution in [2.45, 2.75) is 6.54 Å². The minimum Gasteiger partial charge on any atom is -0.496 e. The van der Waals surface area contributed by atoms with Gasteiger partial charge < -0.3 is 9.47 Å². The average molecular weight is 375 g/mol. The molecule has 0 saturated heterocycles. The maximum atomic E-state index is 11.6. The number of halogens is 1. The molecule has 0 amide bonds. The maximum Gasteiger partial charge on any atom is 0.337 e. The number of hydrogen-bond donors (Lipinski definition) is 0. The molecule has 0 aliphatic rings. The molecule has 0 radical (unpaired) electrons. The number of methoxy groups -OCH3 is 2. The number of carbonyl (C=O) groups is 1. The van der Waals surface area contributed by atoms with Gasteiger partial charge in [0.25, 0.3) is 0 Å². The van der Waals surface area contributed by atoms with Crippen molar-refractivity contribution in [1.29, 1.82) is 0 Å². The highest BCUT2D eigenvalue weighted by Gasteiger charge is 2.10. The minimum atomic E-state index is -0.353. The lowest BCUT2D eigenvalue weighted by Crippen LogP contribution is -2.02. The normalized spacial score (nSPS) is 10.7. The molecule has 0 aliphatic heterocycles. The maximum absolute atomic E-state index is 11.6. The monoisotopic (exact) mass is 374 g/mol. The van der Waals surface area contributed by atoms with Gasteiger partial charge in [-0.2, -0.15) is 5.10 Å². The van der Waals surface area contributed by atoms with Crippen molar-refractivity contribution in [2.24, 2.45) is 0 Å². The van der Waals surface area contributed by atoms with Crippen molar-refractivity contribution in [3.05, 3.63) is 58.2 Å². The molecule has 0 N–H and O–H groups in total. The van der Waals surface area contributed by atoms with E-state index in [0.717, 1.165) is 26.7 Å². The van der Waals surface area contributed by atoms with Gasteiger partial charge in [-0.1, -0.05) is 15.9 Å². The van der Waals surface area contributed by atoms with Gasteiger partial charge in [-0.15, -0.1) is 0 Å². The van der Waals surface area contributed by atoms with Crippen molar-refractivity contribution in [1.82, 2.24) is 9.78 Å². The van der Waals surface area contributed by atoms with Crippen LogP contribution in [0.4, 0.5) is 0 Å². The van der Waals surface area contributed by atoms with E-state index in [1.54, 1.807) is 19.2 Å². The number of fused-ring (bicyclic) bond motifs is 1. The molecule has 5 nitrogen and oxygen atoms in total. The molecular formula is C17H15BrN2O3. The van der Waals surface area contributed by atoms with Gasteiger partial charge in [-0.25, -0.2) is 4.79 Å². The summed E-state index contributed by atoms with van der Waals surface area (Å²) in [5, 5.41) is 5.42. The summed E-state index contributed by atoms with van der Waals surface area (Å²) in [6.45, 7) is 0.574. The third kappa shape index (κ3) is 3.22. The molecule has 0 unspecified atom stereocenters. The lowest BCUT2D eigenvalue weighted by molar-refractivity contribution is 0.0601. The third-order valence-electron chi connectivity index (χ3n) is 3.55. The molecule has 23 heavy (non-hydrogen) atoms. The quantitative estimate of drug-likeness (QED) is 0.654. The summed E-state index contributed by atoms with van der Waals surface area (Å²) < 4.78 is 12.9. The molecule has 6 heteroatoms. The van der Waals surface area contributed by atoms with E-state index in [-0.39, 0.29) is 5.97 Å². The number of carbonyl (C=O) groups excluding carboxylic acids is 1. The molecular weight excluding hydrogens is 360 g/mol. The van der Waals surface area contributed by atoms with Crippen LogP contribution in [0.15, 0.2) is 47.1 Å². The fraction of sp³-hybridized carbons (Fsp3) is 0.176. The predicted molar refractivity (Wildman–Crippen MR) is 90.9 cm³/mol. The lowest BCUT2D eigenvalue weighted by Gasteiger charge is -2.08. The summed E-state index contributed by atoms with van der Waals surface area (Å²) >= 11 is 3.47.